The van der Waals surface area contributed by atoms with Crippen molar-refractivity contribution in [3.63, 3.8) is 0 Å². The topological polar surface area (TPSA) is 52.7 Å². The first-order chi connectivity index (χ1) is 12.5. The van der Waals surface area contributed by atoms with Crippen LogP contribution in [0.1, 0.15) is 22.2 Å². The van der Waals surface area contributed by atoms with Crippen LogP contribution in [-0.4, -0.2) is 53.8 Å². The van der Waals surface area contributed by atoms with Crippen molar-refractivity contribution < 1.29 is 9.59 Å². The number of benzene rings is 1. The monoisotopic (exact) mass is 391 g/mol. The Bertz CT molecular complexity index is 741. The van der Waals surface area contributed by atoms with Crippen LogP contribution in [-0.2, 0) is 11.3 Å². The highest BCUT2D eigenvalue weighted by Crippen LogP contribution is 2.15. The van der Waals surface area contributed by atoms with E-state index < -0.39 is 0 Å². The number of nitrogens with zero attached hydrogens (tertiary/aromatic N) is 2. The first kappa shape index (κ1) is 18.9. The molecule has 1 fully saturated rings. The Morgan fingerprint density at radius 3 is 2.46 bits per heavy atom. The molecule has 1 saturated heterocycles. The summed E-state index contributed by atoms with van der Waals surface area (Å²) < 4.78 is 0. The number of carbonyl (C=O) groups excluding carboxylic acids is 2. The van der Waals surface area contributed by atoms with E-state index >= 15 is 0 Å². The van der Waals surface area contributed by atoms with Gasteiger partial charge in [0.2, 0.25) is 5.91 Å². The molecule has 1 N–H and O–H groups in total. The summed E-state index contributed by atoms with van der Waals surface area (Å²) in [6, 6.07) is 11.0. The quantitative estimate of drug-likeness (QED) is 0.852. The summed E-state index contributed by atoms with van der Waals surface area (Å²) in [6.45, 7) is 5.08. The molecule has 1 unspecified atom stereocenters. The lowest BCUT2D eigenvalue weighted by Gasteiger charge is -2.37. The highest BCUT2D eigenvalue weighted by molar-refractivity contribution is 7.12. The van der Waals surface area contributed by atoms with Gasteiger partial charge in [0, 0.05) is 37.7 Å². The summed E-state index contributed by atoms with van der Waals surface area (Å²) in [5.41, 5.74) is 1.02. The number of amides is 2. The molecule has 26 heavy (non-hydrogen) atoms. The average molecular weight is 392 g/mol. The van der Waals surface area contributed by atoms with E-state index in [0.717, 1.165) is 10.4 Å². The van der Waals surface area contributed by atoms with Crippen LogP contribution in [0.5, 0.6) is 0 Å². The van der Waals surface area contributed by atoms with E-state index in [9.17, 15) is 9.59 Å². The van der Waals surface area contributed by atoms with Gasteiger partial charge in [-0.3, -0.25) is 14.5 Å². The predicted octanol–water partition coefficient (Wildman–Crippen LogP) is 2.86. The molecule has 5 nitrogen and oxygen atoms in total. The Kier molecular flexibility index (Phi) is 6.29. The van der Waals surface area contributed by atoms with Crippen LogP contribution in [0.2, 0.25) is 5.02 Å². The number of rotatable bonds is 5. The van der Waals surface area contributed by atoms with Crippen LogP contribution in [0, 0.1) is 0 Å². The zero-order valence-corrected chi connectivity index (χ0v) is 16.2. The van der Waals surface area contributed by atoms with Crippen molar-refractivity contribution >= 4 is 34.8 Å². The van der Waals surface area contributed by atoms with Crippen molar-refractivity contribution in [1.29, 1.82) is 0 Å². The molecule has 1 aromatic carbocycles. The van der Waals surface area contributed by atoms with Crippen molar-refractivity contribution in [1.82, 2.24) is 15.1 Å². The summed E-state index contributed by atoms with van der Waals surface area (Å²) >= 11 is 7.34. The maximum Gasteiger partial charge on any atom is 0.264 e. The third kappa shape index (κ3) is 4.63. The zero-order valence-electron chi connectivity index (χ0n) is 14.7. The highest BCUT2D eigenvalue weighted by atomic mass is 35.5. The lowest BCUT2D eigenvalue weighted by Crippen LogP contribution is -2.54. The first-order valence-corrected chi connectivity index (χ1v) is 9.89. The summed E-state index contributed by atoms with van der Waals surface area (Å²) in [5, 5.41) is 5.57. The van der Waals surface area contributed by atoms with Gasteiger partial charge >= 0.3 is 0 Å². The molecular weight excluding hydrogens is 370 g/mol. The van der Waals surface area contributed by atoms with Crippen molar-refractivity contribution in [2.24, 2.45) is 0 Å². The van der Waals surface area contributed by atoms with Crippen LogP contribution >= 0.6 is 22.9 Å². The molecule has 0 radical (unpaired) electrons. The molecule has 0 saturated carbocycles. The number of hydrogen-bond donors (Lipinski definition) is 1. The minimum atomic E-state index is -0.221. The summed E-state index contributed by atoms with van der Waals surface area (Å²) in [4.78, 5) is 29.6. The Labute approximate surface area is 162 Å². The van der Waals surface area contributed by atoms with E-state index in [1.165, 1.54) is 11.3 Å². The molecule has 1 aliphatic rings. The molecule has 2 amide bonds. The largest absolute Gasteiger partial charge is 0.351 e. The summed E-state index contributed by atoms with van der Waals surface area (Å²) in [5.74, 6) is 0.0810. The van der Waals surface area contributed by atoms with Crippen LogP contribution in [0.25, 0.3) is 0 Å². The summed E-state index contributed by atoms with van der Waals surface area (Å²) in [7, 11) is 0. The second-order valence-electron chi connectivity index (χ2n) is 6.33. The van der Waals surface area contributed by atoms with Crippen molar-refractivity contribution in [2.75, 3.05) is 26.2 Å². The van der Waals surface area contributed by atoms with Gasteiger partial charge in [-0.1, -0.05) is 29.8 Å². The van der Waals surface area contributed by atoms with Crippen LogP contribution in [0.15, 0.2) is 41.8 Å². The van der Waals surface area contributed by atoms with Gasteiger partial charge in [0.1, 0.15) is 0 Å². The van der Waals surface area contributed by atoms with Crippen LogP contribution in [0.3, 0.4) is 0 Å². The molecule has 3 rings (SSSR count). The first-order valence-electron chi connectivity index (χ1n) is 8.63. The van der Waals surface area contributed by atoms with Gasteiger partial charge in [0.25, 0.3) is 5.91 Å². The van der Waals surface area contributed by atoms with E-state index in [2.05, 4.69) is 10.2 Å². The second-order valence-corrected chi connectivity index (χ2v) is 7.71. The Hall–Kier alpha value is -1.89. The fourth-order valence-corrected chi connectivity index (χ4v) is 3.79. The molecule has 7 heteroatoms. The van der Waals surface area contributed by atoms with Crippen LogP contribution < -0.4 is 5.32 Å². The third-order valence-corrected chi connectivity index (χ3v) is 5.75. The fraction of sp³-hybridized carbons (Fsp3) is 0.368. The van der Waals surface area contributed by atoms with E-state index in [1.54, 1.807) is 0 Å². The molecule has 138 valence electrons. The smallest absolute Gasteiger partial charge is 0.264 e. The standard InChI is InChI=1S/C19H22ClN3O2S/c1-14(18(24)21-13-15-4-6-16(20)7-5-15)22-8-10-23(11-9-22)19(25)17-3-2-12-26-17/h2-7,12,14H,8-11,13H2,1H3,(H,21,24). The van der Waals surface area contributed by atoms with Crippen molar-refractivity contribution in [2.45, 2.75) is 19.5 Å². The van der Waals surface area contributed by atoms with E-state index in [-0.39, 0.29) is 17.9 Å². The van der Waals surface area contributed by atoms with Crippen LogP contribution in [0.4, 0.5) is 0 Å². The molecule has 1 atom stereocenters. The fourth-order valence-electron chi connectivity index (χ4n) is 2.97. The predicted molar refractivity (Wildman–Crippen MR) is 105 cm³/mol. The molecule has 0 spiro atoms. The third-order valence-electron chi connectivity index (χ3n) is 4.64. The minimum absolute atomic E-state index is 0.00187. The maximum absolute atomic E-state index is 12.4. The molecule has 2 heterocycles. The zero-order chi connectivity index (χ0) is 18.5. The molecule has 0 bridgehead atoms. The van der Waals surface area contributed by atoms with Gasteiger partial charge in [-0.05, 0) is 36.1 Å². The number of thiophene rings is 1. The molecule has 1 aromatic heterocycles. The normalized spacial score (nSPS) is 16.3. The molecular formula is C19H22ClN3O2S. The number of hydrogen-bond acceptors (Lipinski definition) is 4. The molecule has 2 aromatic rings. The van der Waals surface area contributed by atoms with E-state index in [4.69, 9.17) is 11.6 Å². The van der Waals surface area contributed by atoms with Gasteiger partial charge in [-0.15, -0.1) is 11.3 Å². The van der Waals surface area contributed by atoms with Gasteiger partial charge in [0.15, 0.2) is 0 Å². The maximum atomic E-state index is 12.4. The summed E-state index contributed by atoms with van der Waals surface area (Å²) in [6.07, 6.45) is 0. The van der Waals surface area contributed by atoms with E-state index in [0.29, 0.717) is 37.7 Å². The SMILES string of the molecule is CC(C(=O)NCc1ccc(Cl)cc1)N1CCN(C(=O)c2cccs2)CC1. The van der Waals surface area contributed by atoms with Gasteiger partial charge < -0.3 is 10.2 Å². The Balaban J connectivity index is 1.46. The highest BCUT2D eigenvalue weighted by Gasteiger charge is 2.28. The lowest BCUT2D eigenvalue weighted by molar-refractivity contribution is -0.126. The van der Waals surface area contributed by atoms with Gasteiger partial charge in [-0.2, -0.15) is 0 Å². The Morgan fingerprint density at radius 1 is 1.15 bits per heavy atom. The molecule has 0 aliphatic carbocycles. The second kappa shape index (κ2) is 8.66. The minimum Gasteiger partial charge on any atom is -0.351 e. The van der Waals surface area contributed by atoms with E-state index in [1.807, 2.05) is 53.6 Å². The van der Waals surface area contributed by atoms with Gasteiger partial charge in [0.05, 0.1) is 10.9 Å². The number of halogens is 1. The lowest BCUT2D eigenvalue weighted by atomic mass is 10.2. The average Bonchev–Trinajstić information content (AvgIpc) is 3.21. The Morgan fingerprint density at radius 2 is 1.85 bits per heavy atom. The van der Waals surface area contributed by atoms with Crippen molar-refractivity contribution in [3.8, 4) is 0 Å². The number of nitrogens with one attached hydrogen (secondary N) is 1. The van der Waals surface area contributed by atoms with Crippen molar-refractivity contribution in [3.05, 3.63) is 57.2 Å². The molecule has 1 aliphatic heterocycles. The number of piperazine rings is 1. The van der Waals surface area contributed by atoms with Gasteiger partial charge in [-0.25, -0.2) is 0 Å². The number of carbonyl (C=O) groups is 2.